The number of para-hydroxylation sites is 1. The fraction of sp³-hybridized carbons (Fsp3) is 0.259. The van der Waals surface area contributed by atoms with E-state index in [0.29, 0.717) is 18.5 Å². The van der Waals surface area contributed by atoms with Gasteiger partial charge in [0.05, 0.1) is 23.2 Å². The maximum absolute atomic E-state index is 13.5. The van der Waals surface area contributed by atoms with Crippen molar-refractivity contribution in [2.45, 2.75) is 25.8 Å². The van der Waals surface area contributed by atoms with E-state index in [1.165, 1.54) is 17.0 Å². The first-order valence-corrected chi connectivity index (χ1v) is 11.7. The monoisotopic (exact) mass is 472 g/mol. The van der Waals surface area contributed by atoms with Crippen LogP contribution in [0.5, 0.6) is 0 Å². The second kappa shape index (κ2) is 9.66. The molecule has 0 saturated carbocycles. The fourth-order valence-electron chi connectivity index (χ4n) is 4.69. The van der Waals surface area contributed by atoms with Crippen LogP contribution in [0.25, 0.3) is 16.9 Å². The van der Waals surface area contributed by atoms with Gasteiger partial charge in [0.25, 0.3) is 0 Å². The number of imide groups is 1. The van der Waals surface area contributed by atoms with Crippen LogP contribution in [0.3, 0.4) is 0 Å². The van der Waals surface area contributed by atoms with Gasteiger partial charge in [-0.25, -0.2) is 9.07 Å². The van der Waals surface area contributed by atoms with Crippen LogP contribution in [-0.2, 0) is 20.9 Å². The smallest absolute Gasteiger partial charge is 0.233 e. The number of nitrogens with one attached hydrogen (secondary N) is 1. The molecule has 0 bridgehead atoms. The maximum atomic E-state index is 13.5. The van der Waals surface area contributed by atoms with E-state index >= 15 is 0 Å². The van der Waals surface area contributed by atoms with Gasteiger partial charge in [-0.05, 0) is 49.2 Å². The van der Waals surface area contributed by atoms with Crippen molar-refractivity contribution in [2.75, 3.05) is 6.54 Å². The number of benzene rings is 2. The first-order valence-electron chi connectivity index (χ1n) is 11.7. The van der Waals surface area contributed by atoms with Crippen LogP contribution in [0.15, 0.2) is 72.9 Å². The summed E-state index contributed by atoms with van der Waals surface area (Å²) < 4.78 is 15.2. The predicted molar refractivity (Wildman–Crippen MR) is 127 cm³/mol. The van der Waals surface area contributed by atoms with Crippen molar-refractivity contribution < 1.29 is 18.8 Å². The summed E-state index contributed by atoms with van der Waals surface area (Å²) in [5, 5.41) is 7.54. The number of likely N-dealkylation sites (tertiary alicyclic amines) is 1. The summed E-state index contributed by atoms with van der Waals surface area (Å²) in [6, 6.07) is 15.6. The number of hydrogen-bond acceptors (Lipinski definition) is 4. The summed E-state index contributed by atoms with van der Waals surface area (Å²) in [6.07, 6.45) is 6.90. The van der Waals surface area contributed by atoms with E-state index < -0.39 is 0 Å². The van der Waals surface area contributed by atoms with Crippen molar-refractivity contribution in [1.29, 1.82) is 0 Å². The molecule has 0 unspecified atom stereocenters. The molecule has 2 aliphatic rings. The minimum absolute atomic E-state index is 0.0308. The SMILES string of the molecule is O=C(CCN1C(=O)[C@H]2CC=CC[C@@H]2C1=O)NCc1cn(-c2ccccc2)nc1-c1ccc(F)cc1. The second-order valence-electron chi connectivity index (χ2n) is 8.80. The highest BCUT2D eigenvalue weighted by atomic mass is 19.1. The highest BCUT2D eigenvalue weighted by molar-refractivity contribution is 6.05. The Morgan fingerprint density at radius 1 is 0.971 bits per heavy atom. The molecule has 35 heavy (non-hydrogen) atoms. The Labute approximate surface area is 202 Å². The molecule has 0 radical (unpaired) electrons. The Balaban J connectivity index is 1.27. The Hall–Kier alpha value is -4.07. The number of rotatable bonds is 7. The average molecular weight is 473 g/mol. The van der Waals surface area contributed by atoms with Gasteiger partial charge in [0, 0.05) is 36.8 Å². The van der Waals surface area contributed by atoms with Crippen LogP contribution in [0, 0.1) is 17.7 Å². The van der Waals surface area contributed by atoms with Crippen LogP contribution < -0.4 is 5.32 Å². The van der Waals surface area contributed by atoms with Crippen LogP contribution in [0.1, 0.15) is 24.8 Å². The van der Waals surface area contributed by atoms with Crippen LogP contribution in [-0.4, -0.2) is 38.9 Å². The van der Waals surface area contributed by atoms with Crippen molar-refractivity contribution >= 4 is 17.7 Å². The largest absolute Gasteiger partial charge is 0.352 e. The molecule has 1 N–H and O–H groups in total. The Morgan fingerprint density at radius 3 is 2.29 bits per heavy atom. The second-order valence-corrected chi connectivity index (χ2v) is 8.80. The number of hydrogen-bond donors (Lipinski definition) is 1. The molecule has 1 aromatic heterocycles. The zero-order valence-corrected chi connectivity index (χ0v) is 19.1. The molecule has 2 atom stereocenters. The highest BCUT2D eigenvalue weighted by Crippen LogP contribution is 2.35. The highest BCUT2D eigenvalue weighted by Gasteiger charge is 2.46. The lowest BCUT2D eigenvalue weighted by atomic mass is 9.85. The molecule has 5 rings (SSSR count). The van der Waals surface area contributed by atoms with Crippen molar-refractivity contribution in [1.82, 2.24) is 20.0 Å². The van der Waals surface area contributed by atoms with Gasteiger partial charge in [0.1, 0.15) is 5.82 Å². The first kappa shape index (κ1) is 22.7. The molecule has 7 nitrogen and oxygen atoms in total. The van der Waals surface area contributed by atoms with E-state index in [1.54, 1.807) is 16.8 Å². The molecule has 1 fully saturated rings. The third-order valence-electron chi connectivity index (χ3n) is 6.57. The summed E-state index contributed by atoms with van der Waals surface area (Å²) in [4.78, 5) is 39.1. The number of amides is 3. The molecule has 1 saturated heterocycles. The molecule has 2 aromatic carbocycles. The van der Waals surface area contributed by atoms with Gasteiger partial charge in [0.2, 0.25) is 17.7 Å². The molecule has 178 valence electrons. The van der Waals surface area contributed by atoms with Crippen LogP contribution in [0.4, 0.5) is 4.39 Å². The molecule has 2 heterocycles. The van der Waals surface area contributed by atoms with Crippen molar-refractivity contribution in [3.8, 4) is 16.9 Å². The van der Waals surface area contributed by atoms with E-state index in [0.717, 1.165) is 16.8 Å². The van der Waals surface area contributed by atoms with Crippen molar-refractivity contribution in [2.24, 2.45) is 11.8 Å². The van der Waals surface area contributed by atoms with E-state index in [2.05, 4.69) is 10.4 Å². The number of nitrogens with zero attached hydrogens (tertiary/aromatic N) is 3. The Kier molecular flexibility index (Phi) is 6.27. The maximum Gasteiger partial charge on any atom is 0.233 e. The third kappa shape index (κ3) is 4.64. The molecular weight excluding hydrogens is 447 g/mol. The number of aromatic nitrogens is 2. The number of fused-ring (bicyclic) bond motifs is 1. The first-order chi connectivity index (χ1) is 17.0. The minimum Gasteiger partial charge on any atom is -0.352 e. The van der Waals surface area contributed by atoms with Gasteiger partial charge in [-0.2, -0.15) is 5.10 Å². The molecule has 1 aliphatic carbocycles. The van der Waals surface area contributed by atoms with Crippen molar-refractivity contribution in [3.63, 3.8) is 0 Å². The zero-order chi connectivity index (χ0) is 24.4. The van der Waals surface area contributed by atoms with Gasteiger partial charge < -0.3 is 5.32 Å². The van der Waals surface area contributed by atoms with E-state index in [-0.39, 0.29) is 54.9 Å². The Morgan fingerprint density at radius 2 is 1.63 bits per heavy atom. The number of allylic oxidation sites excluding steroid dienone is 2. The quantitative estimate of drug-likeness (QED) is 0.420. The molecule has 3 aromatic rings. The average Bonchev–Trinajstić information content (AvgIpc) is 3.42. The van der Waals surface area contributed by atoms with Gasteiger partial charge in [-0.1, -0.05) is 30.4 Å². The summed E-state index contributed by atoms with van der Waals surface area (Å²) in [5.41, 5.74) is 2.99. The lowest BCUT2D eigenvalue weighted by Gasteiger charge is -2.14. The molecule has 1 aliphatic heterocycles. The van der Waals surface area contributed by atoms with Crippen molar-refractivity contribution in [3.05, 3.63) is 84.3 Å². The third-order valence-corrected chi connectivity index (χ3v) is 6.57. The summed E-state index contributed by atoms with van der Waals surface area (Å²) >= 11 is 0. The van der Waals surface area contributed by atoms with Crippen LogP contribution >= 0.6 is 0 Å². The molecule has 8 heteroatoms. The zero-order valence-electron chi connectivity index (χ0n) is 19.1. The molecule has 3 amide bonds. The van der Waals surface area contributed by atoms with E-state index in [1.807, 2.05) is 48.7 Å². The predicted octanol–water partition coefficient (Wildman–Crippen LogP) is 3.64. The van der Waals surface area contributed by atoms with Gasteiger partial charge in [-0.15, -0.1) is 0 Å². The normalized spacial score (nSPS) is 19.2. The summed E-state index contributed by atoms with van der Waals surface area (Å²) in [5.74, 6) is -1.56. The van der Waals surface area contributed by atoms with E-state index in [9.17, 15) is 18.8 Å². The number of halogens is 1. The topological polar surface area (TPSA) is 84.3 Å². The summed E-state index contributed by atoms with van der Waals surface area (Å²) in [6.45, 7) is 0.278. The Bertz CT molecular complexity index is 1260. The van der Waals surface area contributed by atoms with E-state index in [4.69, 9.17) is 0 Å². The lowest BCUT2D eigenvalue weighted by molar-refractivity contribution is -0.140. The lowest BCUT2D eigenvalue weighted by Crippen LogP contribution is -2.35. The standard InChI is InChI=1S/C27H25FN4O3/c28-20-12-10-18(11-13-20)25-19(17-32(30-25)21-6-2-1-3-7-21)16-29-24(33)14-15-31-26(34)22-8-4-5-9-23(22)27(31)35/h1-7,10-13,17,22-23H,8-9,14-16H2,(H,29,33)/t22-,23-/m0/s1. The van der Waals surface area contributed by atoms with Gasteiger partial charge in [0.15, 0.2) is 0 Å². The molecular formula is C27H25FN4O3. The summed E-state index contributed by atoms with van der Waals surface area (Å²) in [7, 11) is 0. The fourth-order valence-corrected chi connectivity index (χ4v) is 4.69. The number of carbonyl (C=O) groups excluding carboxylic acids is 3. The minimum atomic E-state index is -0.340. The van der Waals surface area contributed by atoms with Gasteiger partial charge in [-0.3, -0.25) is 19.3 Å². The van der Waals surface area contributed by atoms with Gasteiger partial charge >= 0.3 is 0 Å². The number of carbonyl (C=O) groups is 3. The van der Waals surface area contributed by atoms with Crippen LogP contribution in [0.2, 0.25) is 0 Å². The molecule has 0 spiro atoms.